The monoisotopic (exact) mass is 818 g/mol. The summed E-state index contributed by atoms with van der Waals surface area (Å²) in [4.78, 5) is 21.1. The van der Waals surface area contributed by atoms with Gasteiger partial charge in [-0.2, -0.15) is 0 Å². The molecule has 0 aliphatic carbocycles. The Bertz CT molecular complexity index is 2270. The Morgan fingerprint density at radius 1 is 0.617 bits per heavy atom. The van der Waals surface area contributed by atoms with Crippen LogP contribution in [0, 0.1) is 0 Å². The van der Waals surface area contributed by atoms with Crippen molar-refractivity contribution in [3.05, 3.63) is 66.7 Å². The van der Waals surface area contributed by atoms with E-state index in [4.69, 9.17) is 0 Å². The molecule has 0 fully saturated rings. The van der Waals surface area contributed by atoms with Crippen molar-refractivity contribution in [1.82, 2.24) is 0 Å². The second-order valence-corrected chi connectivity index (χ2v) is 21.2. The second-order valence-electron chi connectivity index (χ2n) is 9.69. The van der Waals surface area contributed by atoms with Crippen molar-refractivity contribution in [3.63, 3.8) is 0 Å². The first kappa shape index (κ1) is 35.8. The predicted molar refractivity (Wildman–Crippen MR) is 164 cm³/mol. The van der Waals surface area contributed by atoms with Crippen molar-refractivity contribution in [2.75, 3.05) is 10.6 Å². The molecule has 0 saturated heterocycles. The van der Waals surface area contributed by atoms with Crippen LogP contribution in [0.4, 0.5) is 11.4 Å². The van der Waals surface area contributed by atoms with Gasteiger partial charge in [0.2, 0.25) is 0 Å². The Morgan fingerprint density at radius 2 is 1.04 bits per heavy atom. The molecule has 4 rings (SSSR count). The molecule has 7 N–H and O–H groups in total. The molecule has 21 heteroatoms. The summed E-state index contributed by atoms with van der Waals surface area (Å²) in [5, 5.41) is 34.2. The fraction of sp³-hybridized carbons (Fsp3) is 0.0769. The molecule has 0 saturated carbocycles. The molecule has 0 spiro atoms. The number of anilines is 2. The summed E-state index contributed by atoms with van der Waals surface area (Å²) in [6.07, 6.45) is 0. The number of amides is 2. The number of phenolic OH excluding ortho intramolecular Hbond substituents is 3. The predicted octanol–water partition coefficient (Wildman–Crippen LogP) is -0.178. The first-order valence-electron chi connectivity index (χ1n) is 12.7. The van der Waals surface area contributed by atoms with Crippen molar-refractivity contribution in [2.24, 2.45) is 0 Å². The van der Waals surface area contributed by atoms with Crippen LogP contribution < -0.4 is 19.3 Å². The van der Waals surface area contributed by atoms with Crippen LogP contribution in [0.15, 0.2) is 76.5 Å². The van der Waals surface area contributed by atoms with E-state index in [2.05, 4.69) is 17.0 Å². The van der Waals surface area contributed by atoms with Crippen molar-refractivity contribution in [3.8, 4) is 17.2 Å². The quantitative estimate of drug-likeness (QED) is 0.0808. The van der Waals surface area contributed by atoms with E-state index in [9.17, 15) is 57.4 Å². The minimum atomic E-state index is -6.02. The Morgan fingerprint density at radius 3 is 1.49 bits per heavy atom. The standard InChI is InChI=1S/C26H24As2N2O15S2/c1-14(31)29-22-11-17(3-7-24(22)33)27(36,37)44-46(40,41)19-5-6-21-16(9-19)10-20(13-26(21)35)47(42,43)45-28(38,39)18-4-8-25(34)23(12-18)30-15(2)32/h3-13,33-35H,1-2H3,(H,29,31)(H,30,32)(H,36,37)(H,38,39). The normalized spacial score (nSPS) is 14.6. The molecule has 17 nitrogen and oxygen atoms in total. The number of benzene rings is 4. The van der Waals surface area contributed by atoms with E-state index in [0.29, 0.717) is 6.07 Å². The molecule has 0 radical (unpaired) electrons. The van der Waals surface area contributed by atoms with Gasteiger partial charge in [-0.3, -0.25) is 0 Å². The molecule has 0 aliphatic heterocycles. The third-order valence-corrected chi connectivity index (χ3v) is 17.4. The van der Waals surface area contributed by atoms with E-state index in [1.54, 1.807) is 0 Å². The Kier molecular flexibility index (Phi) is 9.79. The summed E-state index contributed by atoms with van der Waals surface area (Å²) in [5.41, 5.74) is -0.602. The van der Waals surface area contributed by atoms with Crippen molar-refractivity contribution < 1.29 is 63.8 Å². The van der Waals surface area contributed by atoms with Crippen LogP contribution in [0.25, 0.3) is 10.8 Å². The van der Waals surface area contributed by atoms with Gasteiger partial charge < -0.3 is 0 Å². The van der Waals surface area contributed by atoms with Crippen molar-refractivity contribution in [2.45, 2.75) is 23.6 Å². The van der Waals surface area contributed by atoms with Gasteiger partial charge in [-0.1, -0.05) is 0 Å². The third-order valence-electron chi connectivity index (χ3n) is 6.09. The maximum atomic E-state index is 13.1. The fourth-order valence-electron chi connectivity index (χ4n) is 4.02. The van der Waals surface area contributed by atoms with E-state index >= 15 is 0 Å². The van der Waals surface area contributed by atoms with Crippen molar-refractivity contribution >= 4 is 91.2 Å². The van der Waals surface area contributed by atoms with E-state index in [1.165, 1.54) is 0 Å². The summed E-state index contributed by atoms with van der Waals surface area (Å²) >= 11 is -12.0. The van der Waals surface area contributed by atoms with Gasteiger partial charge in [0.1, 0.15) is 0 Å². The molecule has 2 atom stereocenters. The first-order chi connectivity index (χ1) is 21.6. The molecular weight excluding hydrogens is 794 g/mol. The third kappa shape index (κ3) is 8.09. The average molecular weight is 818 g/mol. The van der Waals surface area contributed by atoms with Crippen molar-refractivity contribution in [1.29, 1.82) is 0 Å². The molecule has 250 valence electrons. The number of nitrogens with one attached hydrogen (secondary N) is 2. The fourth-order valence-corrected chi connectivity index (χ4v) is 13.8. The molecule has 4 aromatic carbocycles. The number of phenols is 3. The summed E-state index contributed by atoms with van der Waals surface area (Å²) in [6, 6.07) is 9.51. The zero-order valence-electron chi connectivity index (χ0n) is 23.9. The first-order valence-corrected chi connectivity index (χ1v) is 22.1. The number of carbonyl (C=O) groups is 2. The summed E-state index contributed by atoms with van der Waals surface area (Å²) in [6.45, 7) is 2.19. The number of hydrogen-bond donors (Lipinski definition) is 7. The van der Waals surface area contributed by atoms with Crippen LogP contribution in [0.5, 0.6) is 17.2 Å². The Hall–Kier alpha value is -4.06. The molecule has 0 heterocycles. The topological polar surface area (TPSA) is 280 Å². The average Bonchev–Trinajstić information content (AvgIpc) is 2.93. The van der Waals surface area contributed by atoms with Crippen LogP contribution in [0.2, 0.25) is 0 Å². The molecule has 47 heavy (non-hydrogen) atoms. The van der Waals surface area contributed by atoms with Crippen LogP contribution in [0.3, 0.4) is 0 Å². The number of rotatable bonds is 10. The Balaban J connectivity index is 1.68. The zero-order valence-corrected chi connectivity index (χ0v) is 29.3. The number of carbonyl (C=O) groups excluding carboxylic acids is 2. The van der Waals surface area contributed by atoms with Crippen LogP contribution in [-0.4, -0.2) is 80.5 Å². The Labute approximate surface area is 272 Å². The molecule has 2 amide bonds. The number of aromatic hydroxyl groups is 3. The summed E-state index contributed by atoms with van der Waals surface area (Å²) in [7, 11) is -10.2. The van der Waals surface area contributed by atoms with E-state index in [-0.39, 0.29) is 22.1 Å². The van der Waals surface area contributed by atoms with Gasteiger partial charge in [0.05, 0.1) is 0 Å². The van der Waals surface area contributed by atoms with Gasteiger partial charge in [0.15, 0.2) is 0 Å². The summed E-state index contributed by atoms with van der Waals surface area (Å²) < 4.78 is 107. The van der Waals surface area contributed by atoms with Crippen LogP contribution >= 0.6 is 0 Å². The van der Waals surface area contributed by atoms with Gasteiger partial charge in [0.25, 0.3) is 0 Å². The maximum absolute atomic E-state index is 13.1. The van der Waals surface area contributed by atoms with Crippen LogP contribution in [-0.2, 0) is 43.6 Å². The summed E-state index contributed by atoms with van der Waals surface area (Å²) in [5.74, 6) is -2.99. The van der Waals surface area contributed by atoms with Gasteiger partial charge in [0, 0.05) is 0 Å². The molecule has 4 aromatic rings. The van der Waals surface area contributed by atoms with E-state index < -0.39 is 96.1 Å². The van der Waals surface area contributed by atoms with Gasteiger partial charge in [-0.15, -0.1) is 0 Å². The molecular formula is C26H24As2N2O15S2. The zero-order chi connectivity index (χ0) is 35.1. The van der Waals surface area contributed by atoms with E-state index in [0.717, 1.165) is 74.5 Å². The van der Waals surface area contributed by atoms with E-state index in [1.807, 2.05) is 0 Å². The molecule has 0 aromatic heterocycles. The van der Waals surface area contributed by atoms with Crippen LogP contribution in [0.1, 0.15) is 13.8 Å². The van der Waals surface area contributed by atoms with Gasteiger partial charge in [-0.05, 0) is 0 Å². The van der Waals surface area contributed by atoms with Gasteiger partial charge in [-0.25, -0.2) is 0 Å². The molecule has 0 aliphatic rings. The minimum absolute atomic E-state index is 0.102. The number of hydrogen-bond acceptors (Lipinski definition) is 13. The SMILES string of the molecule is CC(=O)Nc1cc([As](=O)(O)OS(=O)(=O)c2ccc3c(O)cc(S(=O)(=O)O[As](=O)(O)c4ccc(O)c(NC(C)=O)c4)cc3c2)ccc1O. The second kappa shape index (κ2) is 12.9. The number of fused-ring (bicyclic) bond motifs is 1. The van der Waals surface area contributed by atoms with Gasteiger partial charge >= 0.3 is 273 Å². The molecule has 0 bridgehead atoms. The molecule has 2 unspecified atom stereocenters.